The van der Waals surface area contributed by atoms with Gasteiger partial charge in [0.15, 0.2) is 6.61 Å². The molecule has 4 N–H and O–H groups in total. The Morgan fingerprint density at radius 2 is 1.57 bits per heavy atom. The molecule has 10 nitrogen and oxygen atoms in total. The van der Waals surface area contributed by atoms with Crippen molar-refractivity contribution >= 4 is 41.2 Å². The number of nitrogens with one attached hydrogen (secondary N) is 1. The van der Waals surface area contributed by atoms with E-state index in [1.807, 2.05) is 0 Å². The van der Waals surface area contributed by atoms with Crippen LogP contribution in [0.4, 0.5) is 14.5 Å². The lowest BCUT2D eigenvalue weighted by molar-refractivity contribution is -0.163. The van der Waals surface area contributed by atoms with Gasteiger partial charge in [-0.1, -0.05) is 45.0 Å². The largest absolute Gasteiger partial charge is 0.484 e. The molecule has 13 heteroatoms. The van der Waals surface area contributed by atoms with Crippen molar-refractivity contribution in [1.82, 2.24) is 5.32 Å². The number of hydrogen-bond donors (Lipinski definition) is 3. The van der Waals surface area contributed by atoms with E-state index in [9.17, 15) is 33.1 Å². The zero-order valence-electron chi connectivity index (χ0n) is 25.4. The number of nitrogens with zero attached hydrogens (tertiary/aromatic N) is 1. The van der Waals surface area contributed by atoms with Crippen molar-refractivity contribution in [2.24, 2.45) is 11.1 Å². The number of carbonyl (C=O) groups is 4. The van der Waals surface area contributed by atoms with E-state index in [2.05, 4.69) is 10.1 Å². The van der Waals surface area contributed by atoms with Gasteiger partial charge in [0.2, 0.25) is 5.91 Å². The second-order valence-corrected chi connectivity index (χ2v) is 12.8. The van der Waals surface area contributed by atoms with Crippen LogP contribution < -0.4 is 20.7 Å². The van der Waals surface area contributed by atoms with Crippen LogP contribution in [0.3, 0.4) is 0 Å². The molecule has 1 fully saturated rings. The van der Waals surface area contributed by atoms with Gasteiger partial charge >= 0.3 is 11.9 Å². The topological polar surface area (TPSA) is 148 Å². The van der Waals surface area contributed by atoms with E-state index in [1.54, 1.807) is 49.9 Å². The summed E-state index contributed by atoms with van der Waals surface area (Å²) in [6, 6.07) is 16.2. The number of benzene rings is 3. The normalized spacial score (nSPS) is 17.5. The van der Waals surface area contributed by atoms with Gasteiger partial charge in [-0.25, -0.2) is 13.6 Å². The van der Waals surface area contributed by atoms with Crippen LogP contribution in [-0.4, -0.2) is 59.1 Å². The molecule has 46 heavy (non-hydrogen) atoms. The van der Waals surface area contributed by atoms with Crippen molar-refractivity contribution in [2.75, 3.05) is 23.8 Å². The highest BCUT2D eigenvalue weighted by molar-refractivity contribution is 8.00. The smallest absolute Gasteiger partial charge is 0.336 e. The third-order valence-electron chi connectivity index (χ3n) is 7.22. The third kappa shape index (κ3) is 8.47. The number of amides is 2. The van der Waals surface area contributed by atoms with Gasteiger partial charge in [-0.15, -0.1) is 11.8 Å². The first-order valence-electron chi connectivity index (χ1n) is 14.4. The molecule has 1 heterocycles. The molecule has 0 aromatic heterocycles. The minimum atomic E-state index is -1.13. The Labute approximate surface area is 269 Å². The van der Waals surface area contributed by atoms with Crippen LogP contribution in [0, 0.1) is 17.0 Å². The Morgan fingerprint density at radius 1 is 0.978 bits per heavy atom. The molecule has 1 saturated heterocycles. The Kier molecular flexibility index (Phi) is 11.1. The minimum absolute atomic E-state index is 0.176. The van der Waals surface area contributed by atoms with E-state index in [-0.39, 0.29) is 11.7 Å². The summed E-state index contributed by atoms with van der Waals surface area (Å²) in [7, 11) is 0. The molecule has 2 amide bonds. The fourth-order valence-electron chi connectivity index (χ4n) is 4.77. The predicted molar refractivity (Wildman–Crippen MR) is 168 cm³/mol. The molecule has 3 aromatic rings. The van der Waals surface area contributed by atoms with Crippen LogP contribution in [0.5, 0.6) is 5.75 Å². The van der Waals surface area contributed by atoms with Crippen molar-refractivity contribution in [1.29, 1.82) is 0 Å². The molecular formula is C33H35F2N3O7S. The fourth-order valence-corrected chi connectivity index (χ4v) is 6.07. The molecule has 244 valence electrons. The minimum Gasteiger partial charge on any atom is -0.484 e. The number of hydrogen-bond acceptors (Lipinski definition) is 9. The molecule has 4 rings (SSSR count). The van der Waals surface area contributed by atoms with Crippen LogP contribution in [0.15, 0.2) is 72.8 Å². The number of thioether (sulfide) groups is 1. The molecule has 1 aliphatic rings. The molecule has 0 spiro atoms. The number of esters is 2. The molecular weight excluding hydrogens is 620 g/mol. The average Bonchev–Trinajstić information content (AvgIpc) is 3.02. The van der Waals surface area contributed by atoms with Gasteiger partial charge < -0.3 is 30.5 Å². The third-order valence-corrected chi connectivity index (χ3v) is 8.55. The van der Waals surface area contributed by atoms with Gasteiger partial charge in [0.05, 0.1) is 18.7 Å². The summed E-state index contributed by atoms with van der Waals surface area (Å²) in [4.78, 5) is 51.4. The molecule has 4 atom stereocenters. The molecule has 3 aromatic carbocycles. The summed E-state index contributed by atoms with van der Waals surface area (Å²) in [5.41, 5.74) is 6.19. The van der Waals surface area contributed by atoms with E-state index < -0.39 is 71.5 Å². The van der Waals surface area contributed by atoms with Gasteiger partial charge in [0.25, 0.3) is 5.91 Å². The highest BCUT2D eigenvalue weighted by Crippen LogP contribution is 2.46. The molecule has 0 radical (unpaired) electrons. The lowest BCUT2D eigenvalue weighted by Crippen LogP contribution is -2.57. The Hall–Kier alpha value is -4.33. The zero-order chi connectivity index (χ0) is 33.6. The number of halogens is 2. The van der Waals surface area contributed by atoms with Crippen molar-refractivity contribution in [3.05, 3.63) is 95.6 Å². The Morgan fingerprint density at radius 3 is 2.13 bits per heavy atom. The maximum absolute atomic E-state index is 13.6. The molecule has 0 saturated carbocycles. The van der Waals surface area contributed by atoms with Crippen LogP contribution in [-0.2, 0) is 23.9 Å². The van der Waals surface area contributed by atoms with Gasteiger partial charge in [-0.2, -0.15) is 0 Å². The lowest BCUT2D eigenvalue weighted by Gasteiger charge is -2.47. The quantitative estimate of drug-likeness (QED) is 0.150. The zero-order valence-corrected chi connectivity index (χ0v) is 26.3. The van der Waals surface area contributed by atoms with Crippen LogP contribution in [0.1, 0.15) is 44.0 Å². The Bertz CT molecular complexity index is 1550. The summed E-state index contributed by atoms with van der Waals surface area (Å²) in [6.45, 7) is 4.17. The number of β-lactam (4-membered cyclic amide) rings is 1. The van der Waals surface area contributed by atoms with Crippen molar-refractivity contribution in [3.8, 4) is 5.75 Å². The van der Waals surface area contributed by atoms with E-state index in [0.717, 1.165) is 5.56 Å². The van der Waals surface area contributed by atoms with Crippen molar-refractivity contribution in [2.45, 2.75) is 44.2 Å². The Balaban J connectivity index is 1.44. The average molecular weight is 656 g/mol. The standard InChI is InChI=1S/C33H35F2N3O7S/c1-33(2,3)30(32(43)45-27(41)16-36)37-26(40)17-44-24-14-6-20(7-15-24)28-29(31(42)38(28)23-12-10-22(35)11-13-23)46-18-25(39)19-4-8-21(34)9-5-19/h4-15,25,28-30,39H,16-18,36H2,1-3H3,(H,37,40)/t25-,28?,29+,30-/m0/s1. The monoisotopic (exact) mass is 655 g/mol. The first-order chi connectivity index (χ1) is 21.8. The number of rotatable bonds is 12. The highest BCUT2D eigenvalue weighted by Gasteiger charge is 2.49. The maximum Gasteiger partial charge on any atom is 0.336 e. The molecule has 0 bridgehead atoms. The van der Waals surface area contributed by atoms with Gasteiger partial charge in [0.1, 0.15) is 28.7 Å². The van der Waals surface area contributed by atoms with Gasteiger partial charge in [-0.05, 0) is 65.1 Å². The maximum atomic E-state index is 13.6. The second kappa shape index (κ2) is 14.8. The van der Waals surface area contributed by atoms with Crippen molar-refractivity contribution in [3.63, 3.8) is 0 Å². The van der Waals surface area contributed by atoms with Gasteiger partial charge in [-0.3, -0.25) is 14.4 Å². The summed E-state index contributed by atoms with van der Waals surface area (Å²) in [5, 5.41) is 12.6. The number of nitrogens with two attached hydrogens (primary N) is 1. The highest BCUT2D eigenvalue weighted by atomic mass is 32.2. The molecule has 0 aliphatic carbocycles. The first kappa shape index (κ1) is 34.5. The molecule has 1 unspecified atom stereocenters. The van der Waals surface area contributed by atoms with Gasteiger partial charge in [0, 0.05) is 11.4 Å². The number of ether oxygens (including phenoxy) is 2. The van der Waals surface area contributed by atoms with Crippen LogP contribution in [0.25, 0.3) is 0 Å². The SMILES string of the molecule is CC(C)(C)[C@@H](NC(=O)COc1ccc(C2[C@@H](SC[C@H](O)c3ccc(F)cc3)C(=O)N2c2ccc(F)cc2)cc1)C(=O)OC(=O)CN. The summed E-state index contributed by atoms with van der Waals surface area (Å²) >= 11 is 1.26. The molecule has 1 aliphatic heterocycles. The summed E-state index contributed by atoms with van der Waals surface area (Å²) in [5.74, 6) is -3.04. The van der Waals surface area contributed by atoms with E-state index in [1.165, 1.54) is 60.3 Å². The van der Waals surface area contributed by atoms with Crippen LogP contribution in [0.2, 0.25) is 0 Å². The summed E-state index contributed by atoms with van der Waals surface area (Å²) in [6.07, 6.45) is -0.929. The van der Waals surface area contributed by atoms with Crippen molar-refractivity contribution < 1.29 is 42.5 Å². The number of aliphatic hydroxyl groups is 1. The second-order valence-electron chi connectivity index (χ2n) is 11.7. The van der Waals surface area contributed by atoms with E-state index in [0.29, 0.717) is 17.0 Å². The van der Waals surface area contributed by atoms with E-state index in [4.69, 9.17) is 10.5 Å². The predicted octanol–water partition coefficient (Wildman–Crippen LogP) is 3.83. The van der Waals surface area contributed by atoms with Crippen LogP contribution >= 0.6 is 11.8 Å². The fraction of sp³-hybridized carbons (Fsp3) is 0.333. The number of aliphatic hydroxyl groups excluding tert-OH is 1. The number of anilines is 1. The lowest BCUT2D eigenvalue weighted by atomic mass is 9.86. The van der Waals surface area contributed by atoms with E-state index >= 15 is 0 Å². The number of carbonyl (C=O) groups excluding carboxylic acids is 4. The summed E-state index contributed by atoms with van der Waals surface area (Å²) < 4.78 is 37.2. The first-order valence-corrected chi connectivity index (χ1v) is 15.4.